The fraction of sp³-hybridized carbons (Fsp3) is 0.500. The highest BCUT2D eigenvalue weighted by atomic mass is 79.9. The minimum Gasteiger partial charge on any atom is -0.350 e. The summed E-state index contributed by atoms with van der Waals surface area (Å²) < 4.78 is 0.875. The summed E-state index contributed by atoms with van der Waals surface area (Å²) in [5.41, 5.74) is 0. The molecular weight excluding hydrogens is 276 g/mol. The molecule has 0 aromatic carbocycles. The summed E-state index contributed by atoms with van der Waals surface area (Å²) >= 11 is 4.80. The number of hydrogen-bond donors (Lipinski definition) is 2. The van der Waals surface area contributed by atoms with Gasteiger partial charge in [0.1, 0.15) is 4.88 Å². The number of carbonyl (C=O) groups is 1. The van der Waals surface area contributed by atoms with E-state index in [1.165, 1.54) is 24.2 Å². The third kappa shape index (κ3) is 3.29. The maximum atomic E-state index is 11.6. The molecule has 1 amide bonds. The Morgan fingerprint density at radius 2 is 2.33 bits per heavy atom. The Balaban J connectivity index is 1.69. The lowest BCUT2D eigenvalue weighted by Crippen LogP contribution is -2.32. The van der Waals surface area contributed by atoms with Crippen molar-refractivity contribution < 1.29 is 4.79 Å². The summed E-state index contributed by atoms with van der Waals surface area (Å²) in [6.07, 6.45) is 2.56. The van der Waals surface area contributed by atoms with Gasteiger partial charge in [-0.05, 0) is 40.2 Å². The molecule has 1 heterocycles. The van der Waals surface area contributed by atoms with Crippen LogP contribution in [0.3, 0.4) is 0 Å². The molecule has 0 aliphatic heterocycles. The molecule has 1 aliphatic carbocycles. The fourth-order valence-corrected chi connectivity index (χ4v) is 2.74. The van der Waals surface area contributed by atoms with Gasteiger partial charge in [0.2, 0.25) is 0 Å². The van der Waals surface area contributed by atoms with E-state index in [1.54, 1.807) is 0 Å². The van der Waals surface area contributed by atoms with Crippen LogP contribution in [0.15, 0.2) is 15.9 Å². The van der Waals surface area contributed by atoms with Crippen molar-refractivity contribution in [3.8, 4) is 0 Å². The topological polar surface area (TPSA) is 41.1 Å². The Bertz CT molecular complexity index is 349. The number of carbonyl (C=O) groups excluding carboxylic acids is 1. The number of amides is 1. The van der Waals surface area contributed by atoms with Gasteiger partial charge in [0.05, 0.1) is 0 Å². The summed E-state index contributed by atoms with van der Waals surface area (Å²) in [5.74, 6) is 0.00877. The Labute approximate surface area is 101 Å². The molecule has 1 aliphatic rings. The predicted molar refractivity (Wildman–Crippen MR) is 65.4 cm³/mol. The zero-order chi connectivity index (χ0) is 10.7. The summed E-state index contributed by atoms with van der Waals surface area (Å²) in [5, 5.41) is 8.14. The van der Waals surface area contributed by atoms with Crippen molar-refractivity contribution in [2.24, 2.45) is 0 Å². The van der Waals surface area contributed by atoms with Crippen molar-refractivity contribution in [2.75, 3.05) is 13.1 Å². The Kier molecular flexibility index (Phi) is 3.77. The molecular formula is C10H13BrN2OS. The second kappa shape index (κ2) is 5.09. The van der Waals surface area contributed by atoms with Crippen LogP contribution in [-0.2, 0) is 0 Å². The second-order valence-corrected chi connectivity index (χ2v) is 5.35. The lowest BCUT2D eigenvalue weighted by molar-refractivity contribution is 0.0957. The van der Waals surface area contributed by atoms with E-state index in [2.05, 4.69) is 26.6 Å². The van der Waals surface area contributed by atoms with E-state index in [4.69, 9.17) is 0 Å². The van der Waals surface area contributed by atoms with Crippen molar-refractivity contribution in [2.45, 2.75) is 18.9 Å². The highest BCUT2D eigenvalue weighted by molar-refractivity contribution is 9.10. The monoisotopic (exact) mass is 288 g/mol. The standard InChI is InChI=1S/C10H13BrN2OS/c11-8-3-6-15-9(8)10(14)13-5-4-12-7-1-2-7/h3,6-7,12H,1-2,4-5H2,(H,13,14). The number of nitrogens with one attached hydrogen (secondary N) is 2. The van der Waals surface area contributed by atoms with Gasteiger partial charge in [-0.15, -0.1) is 11.3 Å². The molecule has 82 valence electrons. The first kappa shape index (κ1) is 11.1. The first-order valence-corrected chi connectivity index (χ1v) is 6.69. The molecule has 0 spiro atoms. The number of hydrogen-bond acceptors (Lipinski definition) is 3. The third-order valence-corrected chi connectivity index (χ3v) is 4.08. The molecule has 1 saturated carbocycles. The van der Waals surface area contributed by atoms with Gasteiger partial charge in [-0.3, -0.25) is 4.79 Å². The molecule has 1 aromatic rings. The molecule has 1 fully saturated rings. The van der Waals surface area contributed by atoms with Crippen LogP contribution in [0, 0.1) is 0 Å². The fourth-order valence-electron chi connectivity index (χ4n) is 1.28. The summed E-state index contributed by atoms with van der Waals surface area (Å²) in [7, 11) is 0. The van der Waals surface area contributed by atoms with Crippen molar-refractivity contribution in [1.29, 1.82) is 0 Å². The molecule has 0 radical (unpaired) electrons. The van der Waals surface area contributed by atoms with Gasteiger partial charge >= 0.3 is 0 Å². The third-order valence-electron chi connectivity index (χ3n) is 2.24. The zero-order valence-electron chi connectivity index (χ0n) is 8.25. The molecule has 0 bridgehead atoms. The van der Waals surface area contributed by atoms with Crippen LogP contribution in [0.25, 0.3) is 0 Å². The molecule has 2 N–H and O–H groups in total. The summed E-state index contributed by atoms with van der Waals surface area (Å²) in [6.45, 7) is 1.55. The minimum absolute atomic E-state index is 0.00877. The van der Waals surface area contributed by atoms with Gasteiger partial charge < -0.3 is 10.6 Å². The van der Waals surface area contributed by atoms with Crippen molar-refractivity contribution >= 4 is 33.2 Å². The molecule has 0 atom stereocenters. The van der Waals surface area contributed by atoms with Crippen molar-refractivity contribution in [1.82, 2.24) is 10.6 Å². The van der Waals surface area contributed by atoms with E-state index < -0.39 is 0 Å². The highest BCUT2D eigenvalue weighted by Crippen LogP contribution is 2.22. The van der Waals surface area contributed by atoms with Crippen LogP contribution < -0.4 is 10.6 Å². The normalized spacial score (nSPS) is 15.3. The van der Waals surface area contributed by atoms with Crippen LogP contribution in [0.2, 0.25) is 0 Å². The van der Waals surface area contributed by atoms with Gasteiger partial charge in [0.25, 0.3) is 5.91 Å². The maximum absolute atomic E-state index is 11.6. The number of thiophene rings is 1. The lowest BCUT2D eigenvalue weighted by atomic mass is 10.4. The zero-order valence-corrected chi connectivity index (χ0v) is 10.7. The van der Waals surface area contributed by atoms with Crippen LogP contribution >= 0.6 is 27.3 Å². The molecule has 2 rings (SSSR count). The Morgan fingerprint density at radius 3 is 2.93 bits per heavy atom. The quantitative estimate of drug-likeness (QED) is 0.814. The Hall–Kier alpha value is -0.390. The first-order chi connectivity index (χ1) is 7.27. The van der Waals surface area contributed by atoms with Gasteiger partial charge in [0, 0.05) is 23.6 Å². The van der Waals surface area contributed by atoms with E-state index in [-0.39, 0.29) is 5.91 Å². The van der Waals surface area contributed by atoms with Crippen molar-refractivity contribution in [3.63, 3.8) is 0 Å². The van der Waals surface area contributed by atoms with E-state index >= 15 is 0 Å². The van der Waals surface area contributed by atoms with Crippen LogP contribution in [0.1, 0.15) is 22.5 Å². The number of rotatable bonds is 5. The van der Waals surface area contributed by atoms with Crippen molar-refractivity contribution in [3.05, 3.63) is 20.8 Å². The number of halogens is 1. The molecule has 5 heteroatoms. The van der Waals surface area contributed by atoms with Gasteiger partial charge in [-0.1, -0.05) is 0 Å². The Morgan fingerprint density at radius 1 is 1.53 bits per heavy atom. The van der Waals surface area contributed by atoms with E-state index in [0.29, 0.717) is 12.6 Å². The van der Waals surface area contributed by atoms with E-state index in [9.17, 15) is 4.79 Å². The maximum Gasteiger partial charge on any atom is 0.262 e. The van der Waals surface area contributed by atoms with Crippen LogP contribution in [0.5, 0.6) is 0 Å². The largest absolute Gasteiger partial charge is 0.350 e. The molecule has 3 nitrogen and oxygen atoms in total. The lowest BCUT2D eigenvalue weighted by Gasteiger charge is -2.04. The van der Waals surface area contributed by atoms with E-state index in [0.717, 1.165) is 15.9 Å². The summed E-state index contributed by atoms with van der Waals surface area (Å²) in [4.78, 5) is 12.4. The first-order valence-electron chi connectivity index (χ1n) is 5.02. The van der Waals surface area contributed by atoms with E-state index in [1.807, 2.05) is 11.4 Å². The minimum atomic E-state index is 0.00877. The average Bonchev–Trinajstić information content (AvgIpc) is 2.94. The smallest absolute Gasteiger partial charge is 0.262 e. The molecule has 1 aromatic heterocycles. The second-order valence-electron chi connectivity index (χ2n) is 3.58. The van der Waals surface area contributed by atoms with Crippen LogP contribution in [0.4, 0.5) is 0 Å². The van der Waals surface area contributed by atoms with Crippen LogP contribution in [-0.4, -0.2) is 25.0 Å². The summed E-state index contributed by atoms with van der Waals surface area (Å²) in [6, 6.07) is 2.59. The highest BCUT2D eigenvalue weighted by Gasteiger charge is 2.19. The predicted octanol–water partition coefficient (Wildman–Crippen LogP) is 1.99. The van der Waals surface area contributed by atoms with Gasteiger partial charge in [-0.25, -0.2) is 0 Å². The average molecular weight is 289 g/mol. The van der Waals surface area contributed by atoms with Gasteiger partial charge in [-0.2, -0.15) is 0 Å². The van der Waals surface area contributed by atoms with Gasteiger partial charge in [0.15, 0.2) is 0 Å². The SMILES string of the molecule is O=C(NCCNC1CC1)c1sccc1Br. The molecule has 0 saturated heterocycles. The molecule has 15 heavy (non-hydrogen) atoms. The molecule has 0 unspecified atom stereocenters.